The fourth-order valence-corrected chi connectivity index (χ4v) is 2.54. The molecule has 6 nitrogen and oxygen atoms in total. The summed E-state index contributed by atoms with van der Waals surface area (Å²) in [6.07, 6.45) is 4.14. The molecule has 1 atom stereocenters. The van der Waals surface area contributed by atoms with Crippen molar-refractivity contribution in [2.75, 3.05) is 6.54 Å². The van der Waals surface area contributed by atoms with Crippen molar-refractivity contribution in [3.05, 3.63) is 18.5 Å². The number of amides is 3. The highest BCUT2D eigenvalue weighted by molar-refractivity contribution is 6.06. The quantitative estimate of drug-likeness (QED) is 0.814. The maximum absolute atomic E-state index is 12.3. The second kappa shape index (κ2) is 5.03. The third kappa shape index (κ3) is 2.77. The van der Waals surface area contributed by atoms with E-state index in [4.69, 9.17) is 0 Å². The van der Waals surface area contributed by atoms with E-state index in [2.05, 4.69) is 10.4 Å². The average molecular weight is 264 g/mol. The van der Waals surface area contributed by atoms with Crippen LogP contribution in [-0.4, -0.2) is 38.7 Å². The first-order valence-corrected chi connectivity index (χ1v) is 6.54. The molecule has 19 heavy (non-hydrogen) atoms. The van der Waals surface area contributed by atoms with E-state index < -0.39 is 5.54 Å². The molecule has 0 bridgehead atoms. The topological polar surface area (TPSA) is 67.2 Å². The van der Waals surface area contributed by atoms with E-state index in [0.717, 1.165) is 0 Å². The second-order valence-corrected chi connectivity index (χ2v) is 5.59. The minimum Gasteiger partial charge on any atom is -0.323 e. The first-order valence-electron chi connectivity index (χ1n) is 6.54. The van der Waals surface area contributed by atoms with Gasteiger partial charge in [0.2, 0.25) is 0 Å². The van der Waals surface area contributed by atoms with Crippen LogP contribution in [0.5, 0.6) is 0 Å². The SMILES string of the molecule is CC(C)CC1(C)NC(=O)N(CCn2cccn2)C1=O. The molecule has 0 aliphatic carbocycles. The molecule has 1 aliphatic heterocycles. The standard InChI is InChI=1S/C13H20N4O2/c1-10(2)9-13(3)11(18)17(12(19)15-13)8-7-16-6-4-5-14-16/h4-6,10H,7-9H2,1-3H3,(H,15,19). The molecule has 2 heterocycles. The third-order valence-corrected chi connectivity index (χ3v) is 3.27. The Morgan fingerprint density at radius 3 is 2.68 bits per heavy atom. The van der Waals surface area contributed by atoms with Gasteiger partial charge in [-0.2, -0.15) is 5.10 Å². The molecule has 0 aromatic carbocycles. The Bertz CT molecular complexity index is 469. The first kappa shape index (κ1) is 13.6. The summed E-state index contributed by atoms with van der Waals surface area (Å²) in [6.45, 7) is 6.74. The molecule has 6 heteroatoms. The number of aromatic nitrogens is 2. The lowest BCUT2D eigenvalue weighted by Gasteiger charge is -2.23. The molecule has 1 fully saturated rings. The Balaban J connectivity index is 2.02. The van der Waals surface area contributed by atoms with Crippen LogP contribution in [0.25, 0.3) is 0 Å². The van der Waals surface area contributed by atoms with E-state index in [-0.39, 0.29) is 11.9 Å². The van der Waals surface area contributed by atoms with Crippen LogP contribution in [0.4, 0.5) is 4.79 Å². The van der Waals surface area contributed by atoms with Crippen LogP contribution in [0.15, 0.2) is 18.5 Å². The van der Waals surface area contributed by atoms with Gasteiger partial charge in [0.1, 0.15) is 5.54 Å². The number of hydrogen-bond donors (Lipinski definition) is 1. The Hall–Kier alpha value is -1.85. The van der Waals surface area contributed by atoms with Gasteiger partial charge in [-0.15, -0.1) is 0 Å². The predicted molar refractivity (Wildman–Crippen MR) is 70.3 cm³/mol. The second-order valence-electron chi connectivity index (χ2n) is 5.59. The van der Waals surface area contributed by atoms with E-state index in [1.54, 1.807) is 17.8 Å². The summed E-state index contributed by atoms with van der Waals surface area (Å²) in [5.41, 5.74) is -0.768. The maximum atomic E-state index is 12.3. The highest BCUT2D eigenvalue weighted by atomic mass is 16.2. The van der Waals surface area contributed by atoms with Gasteiger partial charge in [0.05, 0.1) is 13.1 Å². The number of carbonyl (C=O) groups is 2. The third-order valence-electron chi connectivity index (χ3n) is 3.27. The Morgan fingerprint density at radius 2 is 2.11 bits per heavy atom. The summed E-state index contributed by atoms with van der Waals surface area (Å²) in [6, 6.07) is 1.51. The van der Waals surface area contributed by atoms with Crippen molar-refractivity contribution in [3.8, 4) is 0 Å². The fraction of sp³-hybridized carbons (Fsp3) is 0.615. The molecular formula is C13H20N4O2. The molecule has 0 saturated carbocycles. The number of imide groups is 1. The number of nitrogens with zero attached hydrogens (tertiary/aromatic N) is 3. The largest absolute Gasteiger partial charge is 0.325 e. The normalized spacial score (nSPS) is 23.3. The van der Waals surface area contributed by atoms with Crippen LogP contribution in [-0.2, 0) is 11.3 Å². The number of carbonyl (C=O) groups excluding carboxylic acids is 2. The maximum Gasteiger partial charge on any atom is 0.325 e. The smallest absolute Gasteiger partial charge is 0.323 e. The van der Waals surface area contributed by atoms with Gasteiger partial charge < -0.3 is 5.32 Å². The molecule has 1 aromatic rings. The predicted octanol–water partition coefficient (Wildman–Crippen LogP) is 1.24. The van der Waals surface area contributed by atoms with Crippen molar-refractivity contribution < 1.29 is 9.59 Å². The molecule has 1 saturated heterocycles. The Morgan fingerprint density at radius 1 is 1.37 bits per heavy atom. The summed E-state index contributed by atoms with van der Waals surface area (Å²) in [5.74, 6) is 0.207. The van der Waals surface area contributed by atoms with Crippen LogP contribution >= 0.6 is 0 Å². The van der Waals surface area contributed by atoms with E-state index >= 15 is 0 Å². The molecule has 2 rings (SSSR count). The summed E-state index contributed by atoms with van der Waals surface area (Å²) >= 11 is 0. The molecule has 0 radical (unpaired) electrons. The summed E-state index contributed by atoms with van der Waals surface area (Å²) in [4.78, 5) is 25.5. The minimum absolute atomic E-state index is 0.140. The summed E-state index contributed by atoms with van der Waals surface area (Å²) < 4.78 is 1.71. The average Bonchev–Trinajstić information content (AvgIpc) is 2.86. The zero-order valence-electron chi connectivity index (χ0n) is 11.6. The molecule has 1 aliphatic rings. The van der Waals surface area contributed by atoms with Crippen LogP contribution < -0.4 is 5.32 Å². The van der Waals surface area contributed by atoms with E-state index in [9.17, 15) is 9.59 Å². The van der Waals surface area contributed by atoms with Crippen molar-refractivity contribution >= 4 is 11.9 Å². The highest BCUT2D eigenvalue weighted by Crippen LogP contribution is 2.24. The van der Waals surface area contributed by atoms with Crippen molar-refractivity contribution in [1.82, 2.24) is 20.0 Å². The van der Waals surface area contributed by atoms with Gasteiger partial charge in [0.15, 0.2) is 0 Å². The molecule has 0 spiro atoms. The van der Waals surface area contributed by atoms with Crippen LogP contribution in [0.2, 0.25) is 0 Å². The lowest BCUT2D eigenvalue weighted by molar-refractivity contribution is -0.131. The van der Waals surface area contributed by atoms with Crippen molar-refractivity contribution in [2.24, 2.45) is 5.92 Å². The van der Waals surface area contributed by atoms with Crippen LogP contribution in [0, 0.1) is 5.92 Å². The van der Waals surface area contributed by atoms with Gasteiger partial charge in [0.25, 0.3) is 5.91 Å². The zero-order chi connectivity index (χ0) is 14.0. The molecule has 1 aromatic heterocycles. The molecule has 1 N–H and O–H groups in total. The van der Waals surface area contributed by atoms with Gasteiger partial charge in [-0.3, -0.25) is 14.4 Å². The van der Waals surface area contributed by atoms with Crippen molar-refractivity contribution in [1.29, 1.82) is 0 Å². The summed E-state index contributed by atoms with van der Waals surface area (Å²) in [7, 11) is 0. The number of hydrogen-bond acceptors (Lipinski definition) is 3. The van der Waals surface area contributed by atoms with Crippen molar-refractivity contribution in [2.45, 2.75) is 39.3 Å². The van der Waals surface area contributed by atoms with Gasteiger partial charge in [0, 0.05) is 12.4 Å². The van der Waals surface area contributed by atoms with Gasteiger partial charge in [-0.05, 0) is 25.3 Å². The van der Waals surface area contributed by atoms with Crippen molar-refractivity contribution in [3.63, 3.8) is 0 Å². The van der Waals surface area contributed by atoms with E-state index in [1.807, 2.05) is 26.1 Å². The van der Waals surface area contributed by atoms with Crippen LogP contribution in [0.1, 0.15) is 27.2 Å². The lowest BCUT2D eigenvalue weighted by atomic mass is 9.91. The monoisotopic (exact) mass is 264 g/mol. The van der Waals surface area contributed by atoms with Gasteiger partial charge in [-0.25, -0.2) is 4.79 Å². The van der Waals surface area contributed by atoms with Gasteiger partial charge in [-0.1, -0.05) is 13.8 Å². The minimum atomic E-state index is -0.768. The van der Waals surface area contributed by atoms with E-state index in [1.165, 1.54) is 4.90 Å². The Labute approximate surface area is 112 Å². The number of rotatable bonds is 5. The van der Waals surface area contributed by atoms with Crippen LogP contribution in [0.3, 0.4) is 0 Å². The molecular weight excluding hydrogens is 244 g/mol. The molecule has 1 unspecified atom stereocenters. The molecule has 3 amide bonds. The lowest BCUT2D eigenvalue weighted by Crippen LogP contribution is -2.45. The summed E-state index contributed by atoms with van der Waals surface area (Å²) in [5, 5.41) is 6.86. The van der Waals surface area contributed by atoms with E-state index in [0.29, 0.717) is 25.4 Å². The number of nitrogens with one attached hydrogen (secondary N) is 1. The fourth-order valence-electron chi connectivity index (χ4n) is 2.54. The zero-order valence-corrected chi connectivity index (χ0v) is 11.6. The Kier molecular flexibility index (Phi) is 3.59. The molecule has 104 valence electrons. The number of urea groups is 1. The highest BCUT2D eigenvalue weighted by Gasteiger charge is 2.47. The van der Waals surface area contributed by atoms with Gasteiger partial charge >= 0.3 is 6.03 Å². The first-order chi connectivity index (χ1) is 8.92.